The van der Waals surface area contributed by atoms with Gasteiger partial charge in [0.2, 0.25) is 0 Å². The van der Waals surface area contributed by atoms with Crippen molar-refractivity contribution in [3.05, 3.63) is 40.2 Å². The molecule has 23 heavy (non-hydrogen) atoms. The molecule has 4 nitrogen and oxygen atoms in total. The van der Waals surface area contributed by atoms with E-state index in [0.29, 0.717) is 18.0 Å². The van der Waals surface area contributed by atoms with Crippen LogP contribution >= 0.6 is 11.3 Å². The normalized spacial score (nSPS) is 21.1. The van der Waals surface area contributed by atoms with Gasteiger partial charge in [0.25, 0.3) is 5.91 Å². The minimum absolute atomic E-state index is 0.0566. The predicted octanol–water partition coefficient (Wildman–Crippen LogP) is 3.40. The fraction of sp³-hybridized carbons (Fsp3) is 0.444. The summed E-state index contributed by atoms with van der Waals surface area (Å²) in [5.74, 6) is 0.325. The second kappa shape index (κ2) is 7.23. The summed E-state index contributed by atoms with van der Waals surface area (Å²) in [6.07, 6.45) is 3.59. The minimum atomic E-state index is -0.207. The lowest BCUT2D eigenvalue weighted by Gasteiger charge is -2.25. The molecule has 1 amide bonds. The summed E-state index contributed by atoms with van der Waals surface area (Å²) in [5.41, 5.74) is 2.54. The van der Waals surface area contributed by atoms with Crippen LogP contribution in [0.4, 0.5) is 0 Å². The highest BCUT2D eigenvalue weighted by atomic mass is 32.1. The molecule has 0 aliphatic heterocycles. The third-order valence-electron chi connectivity index (χ3n) is 4.35. The third-order valence-corrected chi connectivity index (χ3v) is 5.12. The van der Waals surface area contributed by atoms with Crippen molar-refractivity contribution in [2.75, 3.05) is 6.54 Å². The summed E-state index contributed by atoms with van der Waals surface area (Å²) in [7, 11) is 0. The molecular weight excluding hydrogens is 308 g/mol. The average molecular weight is 330 g/mol. The molecule has 0 bridgehead atoms. The molecule has 2 unspecified atom stereocenters. The Morgan fingerprint density at radius 3 is 3.04 bits per heavy atom. The van der Waals surface area contributed by atoms with E-state index in [2.05, 4.69) is 10.3 Å². The molecule has 1 aromatic heterocycles. The molecular formula is C18H22N2O2S. The van der Waals surface area contributed by atoms with Crippen LogP contribution in [0.15, 0.2) is 29.6 Å². The second-order valence-electron chi connectivity index (χ2n) is 6.23. The second-order valence-corrected chi connectivity index (χ2v) is 7.29. The van der Waals surface area contributed by atoms with Crippen LogP contribution in [0.1, 0.15) is 41.0 Å². The first-order valence-corrected chi connectivity index (χ1v) is 8.98. The summed E-state index contributed by atoms with van der Waals surface area (Å²) in [6.45, 7) is 2.61. The van der Waals surface area contributed by atoms with Crippen molar-refractivity contribution in [2.24, 2.45) is 5.92 Å². The molecule has 0 radical (unpaired) electrons. The van der Waals surface area contributed by atoms with E-state index in [0.717, 1.165) is 41.9 Å². The number of nitrogens with one attached hydrogen (secondary N) is 1. The molecule has 2 atom stereocenters. The Bertz CT molecular complexity index is 683. The molecule has 1 saturated carbocycles. The number of amides is 1. The zero-order valence-corrected chi connectivity index (χ0v) is 14.1. The number of aliphatic hydroxyl groups is 1. The van der Waals surface area contributed by atoms with Crippen LogP contribution in [-0.2, 0) is 0 Å². The number of hydrogen-bond donors (Lipinski definition) is 2. The van der Waals surface area contributed by atoms with Crippen LogP contribution in [0.2, 0.25) is 0 Å². The predicted molar refractivity (Wildman–Crippen MR) is 92.6 cm³/mol. The molecule has 2 aromatic rings. The van der Waals surface area contributed by atoms with E-state index in [-0.39, 0.29) is 12.0 Å². The highest BCUT2D eigenvalue weighted by Gasteiger charge is 2.20. The van der Waals surface area contributed by atoms with Crippen molar-refractivity contribution in [3.63, 3.8) is 0 Å². The number of nitrogens with zero attached hydrogens (tertiary/aromatic N) is 1. The van der Waals surface area contributed by atoms with Gasteiger partial charge in [0.15, 0.2) is 0 Å². The number of carbonyl (C=O) groups excluding carboxylic acids is 1. The van der Waals surface area contributed by atoms with Crippen molar-refractivity contribution >= 4 is 17.2 Å². The highest BCUT2D eigenvalue weighted by Crippen LogP contribution is 2.24. The lowest BCUT2D eigenvalue weighted by atomic mass is 9.87. The van der Waals surface area contributed by atoms with Crippen molar-refractivity contribution in [3.8, 4) is 11.3 Å². The van der Waals surface area contributed by atoms with Gasteiger partial charge in [-0.05, 0) is 44.2 Å². The molecule has 122 valence electrons. The zero-order valence-electron chi connectivity index (χ0n) is 13.3. The number of thiazole rings is 1. The Kier molecular flexibility index (Phi) is 5.08. The molecule has 1 aliphatic carbocycles. The molecule has 0 saturated heterocycles. The molecule has 3 rings (SSSR count). The first-order valence-electron chi connectivity index (χ1n) is 8.10. The smallest absolute Gasteiger partial charge is 0.251 e. The van der Waals surface area contributed by atoms with Crippen LogP contribution in [0.3, 0.4) is 0 Å². The van der Waals surface area contributed by atoms with Gasteiger partial charge in [-0.3, -0.25) is 4.79 Å². The molecule has 5 heteroatoms. The maximum atomic E-state index is 12.4. The maximum absolute atomic E-state index is 12.4. The Hall–Kier alpha value is -1.72. The van der Waals surface area contributed by atoms with Gasteiger partial charge < -0.3 is 10.4 Å². The Balaban J connectivity index is 1.63. The summed E-state index contributed by atoms with van der Waals surface area (Å²) in [6, 6.07) is 7.58. The van der Waals surface area contributed by atoms with Gasteiger partial charge in [0.05, 0.1) is 16.8 Å². The molecule has 1 fully saturated rings. The number of aliphatic hydroxyl groups excluding tert-OH is 1. The highest BCUT2D eigenvalue weighted by molar-refractivity contribution is 7.09. The van der Waals surface area contributed by atoms with Crippen LogP contribution in [-0.4, -0.2) is 28.6 Å². The van der Waals surface area contributed by atoms with Gasteiger partial charge in [0, 0.05) is 23.1 Å². The quantitative estimate of drug-likeness (QED) is 0.903. The van der Waals surface area contributed by atoms with Crippen molar-refractivity contribution in [1.82, 2.24) is 10.3 Å². The van der Waals surface area contributed by atoms with E-state index in [4.69, 9.17) is 0 Å². The number of rotatable bonds is 4. The lowest BCUT2D eigenvalue weighted by molar-refractivity contribution is 0.0874. The van der Waals surface area contributed by atoms with Gasteiger partial charge in [-0.15, -0.1) is 11.3 Å². The third kappa shape index (κ3) is 4.18. The van der Waals surface area contributed by atoms with Crippen LogP contribution in [0.5, 0.6) is 0 Å². The SMILES string of the molecule is Cc1nc(-c2cccc(C(=O)NCC3CCCC(O)C3)c2)cs1. The number of aryl methyl sites for hydroxylation is 1. The molecule has 2 N–H and O–H groups in total. The summed E-state index contributed by atoms with van der Waals surface area (Å²) in [4.78, 5) is 16.8. The Morgan fingerprint density at radius 2 is 2.30 bits per heavy atom. The van der Waals surface area contributed by atoms with Crippen molar-refractivity contribution in [2.45, 2.75) is 38.7 Å². The van der Waals surface area contributed by atoms with Gasteiger partial charge >= 0.3 is 0 Å². The fourth-order valence-corrected chi connectivity index (χ4v) is 3.72. The maximum Gasteiger partial charge on any atom is 0.251 e. The lowest BCUT2D eigenvalue weighted by Crippen LogP contribution is -2.32. The van der Waals surface area contributed by atoms with E-state index in [1.165, 1.54) is 0 Å². The van der Waals surface area contributed by atoms with Gasteiger partial charge in [0.1, 0.15) is 0 Å². The Morgan fingerprint density at radius 1 is 1.43 bits per heavy atom. The standard InChI is InChI=1S/C18H22N2O2S/c1-12-20-17(11-23-12)14-5-3-6-15(9-14)18(22)19-10-13-4-2-7-16(21)8-13/h3,5-6,9,11,13,16,21H,2,4,7-8,10H2,1H3,(H,19,22). The van der Waals surface area contributed by atoms with Crippen LogP contribution in [0.25, 0.3) is 11.3 Å². The van der Waals surface area contributed by atoms with Gasteiger partial charge in [-0.1, -0.05) is 18.6 Å². The molecule has 0 spiro atoms. The molecule has 1 heterocycles. The largest absolute Gasteiger partial charge is 0.393 e. The topological polar surface area (TPSA) is 62.2 Å². The summed E-state index contributed by atoms with van der Waals surface area (Å²) >= 11 is 1.61. The Labute approximate surface area is 140 Å². The first-order chi connectivity index (χ1) is 11.1. The molecule has 1 aliphatic rings. The number of benzene rings is 1. The van der Waals surface area contributed by atoms with Crippen LogP contribution in [0, 0.1) is 12.8 Å². The summed E-state index contributed by atoms with van der Waals surface area (Å²) in [5, 5.41) is 15.7. The van der Waals surface area contributed by atoms with Crippen molar-refractivity contribution < 1.29 is 9.90 Å². The van der Waals surface area contributed by atoms with Gasteiger partial charge in [-0.2, -0.15) is 0 Å². The van der Waals surface area contributed by atoms with Crippen molar-refractivity contribution in [1.29, 1.82) is 0 Å². The fourth-order valence-electron chi connectivity index (χ4n) is 3.10. The van der Waals surface area contributed by atoms with Gasteiger partial charge in [-0.25, -0.2) is 4.98 Å². The molecule has 1 aromatic carbocycles. The number of carbonyl (C=O) groups is 1. The first kappa shape index (κ1) is 16.1. The van der Waals surface area contributed by atoms with E-state index in [1.807, 2.05) is 36.6 Å². The zero-order chi connectivity index (χ0) is 16.2. The average Bonchev–Trinajstić information content (AvgIpc) is 2.99. The summed E-state index contributed by atoms with van der Waals surface area (Å²) < 4.78 is 0. The van der Waals surface area contributed by atoms with E-state index in [9.17, 15) is 9.90 Å². The van der Waals surface area contributed by atoms with E-state index < -0.39 is 0 Å². The monoisotopic (exact) mass is 330 g/mol. The van der Waals surface area contributed by atoms with E-state index in [1.54, 1.807) is 11.3 Å². The van der Waals surface area contributed by atoms with Crippen LogP contribution < -0.4 is 5.32 Å². The van der Waals surface area contributed by atoms with E-state index >= 15 is 0 Å². The minimum Gasteiger partial charge on any atom is -0.393 e. The number of hydrogen-bond acceptors (Lipinski definition) is 4. The number of aromatic nitrogens is 1.